The first kappa shape index (κ1) is 40.3. The number of allylic oxidation sites excluding steroid dienone is 1. The van der Waals surface area contributed by atoms with Gasteiger partial charge in [0.05, 0.1) is 33.0 Å². The van der Waals surface area contributed by atoms with E-state index in [-0.39, 0.29) is 11.7 Å². The highest BCUT2D eigenvalue weighted by atomic mass is 79.9. The van der Waals surface area contributed by atoms with Gasteiger partial charge in [-0.2, -0.15) is 0 Å². The van der Waals surface area contributed by atoms with Gasteiger partial charge in [-0.05, 0) is 85.1 Å². The maximum atomic E-state index is 12.1. The molecule has 0 heterocycles. The van der Waals surface area contributed by atoms with Gasteiger partial charge >= 0.3 is 0 Å². The SMILES string of the molecule is C=C(NC(=NC(C)=NCCOCCOCCNC(=O)c1ccccc1)Nc1ccc(O)cc1)Nc1ccc(/C(=C/CC)NCc2ccc(Br)cc2)cc1. The van der Waals surface area contributed by atoms with Gasteiger partial charge < -0.3 is 41.2 Å². The number of aliphatic imine (C=N–C) groups is 2. The van der Waals surface area contributed by atoms with Crippen molar-refractivity contribution in [1.82, 2.24) is 16.0 Å². The zero-order chi connectivity index (χ0) is 37.7. The zero-order valence-electron chi connectivity index (χ0n) is 30.2. The summed E-state index contributed by atoms with van der Waals surface area (Å²) in [5.41, 5.74) is 5.53. The predicted molar refractivity (Wildman–Crippen MR) is 219 cm³/mol. The van der Waals surface area contributed by atoms with E-state index in [0.717, 1.165) is 34.4 Å². The van der Waals surface area contributed by atoms with E-state index in [2.05, 4.69) is 96.3 Å². The maximum absolute atomic E-state index is 12.1. The molecule has 0 saturated carbocycles. The minimum atomic E-state index is -0.125. The van der Waals surface area contributed by atoms with Crippen LogP contribution in [0.25, 0.3) is 5.70 Å². The third-order valence-corrected chi connectivity index (χ3v) is 8.01. The predicted octanol–water partition coefficient (Wildman–Crippen LogP) is 7.52. The van der Waals surface area contributed by atoms with Crippen LogP contribution in [0, 0.1) is 0 Å². The van der Waals surface area contributed by atoms with E-state index in [9.17, 15) is 9.90 Å². The number of hydrogen-bond donors (Lipinski definition) is 6. The first-order chi connectivity index (χ1) is 25.8. The first-order valence-corrected chi connectivity index (χ1v) is 18.2. The second-order valence-electron chi connectivity index (χ2n) is 11.7. The van der Waals surface area contributed by atoms with Crippen molar-refractivity contribution in [2.24, 2.45) is 9.98 Å². The maximum Gasteiger partial charge on any atom is 0.251 e. The van der Waals surface area contributed by atoms with Crippen LogP contribution in [0.15, 0.2) is 136 Å². The number of halogens is 1. The van der Waals surface area contributed by atoms with Gasteiger partial charge in [-0.25, -0.2) is 4.99 Å². The molecular weight excluding hydrogens is 734 g/mol. The van der Waals surface area contributed by atoms with E-state index < -0.39 is 0 Å². The molecule has 4 aromatic carbocycles. The van der Waals surface area contributed by atoms with Crippen LogP contribution < -0.4 is 26.6 Å². The van der Waals surface area contributed by atoms with Gasteiger partial charge in [0.2, 0.25) is 5.96 Å². The fourth-order valence-corrected chi connectivity index (χ4v) is 5.13. The molecule has 12 heteroatoms. The molecule has 4 rings (SSSR count). The van der Waals surface area contributed by atoms with Crippen molar-refractivity contribution in [3.8, 4) is 5.75 Å². The molecule has 53 heavy (non-hydrogen) atoms. The first-order valence-electron chi connectivity index (χ1n) is 17.5. The number of aromatic hydroxyl groups is 1. The number of hydrogen-bond acceptors (Lipinski definition) is 7. The van der Waals surface area contributed by atoms with E-state index in [4.69, 9.17) is 9.47 Å². The van der Waals surface area contributed by atoms with Crippen molar-refractivity contribution in [2.45, 2.75) is 26.8 Å². The lowest BCUT2D eigenvalue weighted by Gasteiger charge is -2.17. The molecule has 4 aromatic rings. The smallest absolute Gasteiger partial charge is 0.251 e. The monoisotopic (exact) mass is 781 g/mol. The highest BCUT2D eigenvalue weighted by Gasteiger charge is 2.07. The number of amidine groups is 1. The number of anilines is 2. The van der Waals surface area contributed by atoms with E-state index in [1.165, 1.54) is 5.56 Å². The van der Waals surface area contributed by atoms with Crippen LogP contribution >= 0.6 is 15.9 Å². The summed E-state index contributed by atoms with van der Waals surface area (Å²) in [5.74, 6) is 1.45. The Balaban J connectivity index is 1.24. The quantitative estimate of drug-likeness (QED) is 0.0249. The summed E-state index contributed by atoms with van der Waals surface area (Å²) in [6, 6.07) is 32.1. The summed E-state index contributed by atoms with van der Waals surface area (Å²) in [7, 11) is 0. The summed E-state index contributed by atoms with van der Waals surface area (Å²) < 4.78 is 12.2. The molecule has 0 atom stereocenters. The number of amides is 1. The van der Waals surface area contributed by atoms with Crippen LogP contribution in [-0.4, -0.2) is 62.3 Å². The molecule has 0 radical (unpaired) electrons. The number of benzene rings is 4. The fourth-order valence-electron chi connectivity index (χ4n) is 4.87. The van der Waals surface area contributed by atoms with Crippen molar-refractivity contribution >= 4 is 50.7 Å². The number of carbonyl (C=O) groups excluding carboxylic acids is 1. The lowest BCUT2D eigenvalue weighted by atomic mass is 10.1. The Morgan fingerprint density at radius 1 is 0.811 bits per heavy atom. The molecule has 0 fully saturated rings. The highest BCUT2D eigenvalue weighted by Crippen LogP contribution is 2.19. The van der Waals surface area contributed by atoms with Crippen LogP contribution in [0.3, 0.4) is 0 Å². The van der Waals surface area contributed by atoms with Gasteiger partial charge in [0.25, 0.3) is 5.91 Å². The Morgan fingerprint density at radius 2 is 1.47 bits per heavy atom. The average molecular weight is 783 g/mol. The van der Waals surface area contributed by atoms with Crippen molar-refractivity contribution < 1.29 is 19.4 Å². The van der Waals surface area contributed by atoms with E-state index >= 15 is 0 Å². The second-order valence-corrected chi connectivity index (χ2v) is 12.6. The molecule has 1 amide bonds. The van der Waals surface area contributed by atoms with Crippen molar-refractivity contribution in [3.63, 3.8) is 0 Å². The molecule has 0 bridgehead atoms. The highest BCUT2D eigenvalue weighted by molar-refractivity contribution is 9.10. The van der Waals surface area contributed by atoms with Crippen molar-refractivity contribution in [1.29, 1.82) is 0 Å². The van der Waals surface area contributed by atoms with Gasteiger partial charge in [0, 0.05) is 40.2 Å². The van der Waals surface area contributed by atoms with Gasteiger partial charge in [-0.3, -0.25) is 9.79 Å². The fraction of sp³-hybridized carbons (Fsp3) is 0.244. The van der Waals surface area contributed by atoms with Gasteiger partial charge in [-0.1, -0.05) is 78.0 Å². The largest absolute Gasteiger partial charge is 0.508 e. The normalized spacial score (nSPS) is 11.9. The van der Waals surface area contributed by atoms with Gasteiger partial charge in [-0.15, -0.1) is 0 Å². The summed E-state index contributed by atoms with van der Waals surface area (Å²) >= 11 is 3.49. The zero-order valence-corrected chi connectivity index (χ0v) is 31.8. The molecule has 0 saturated heterocycles. The topological polar surface area (TPSA) is 141 Å². The number of phenolic OH excluding ortho intramolecular Hbond substituents is 1. The minimum absolute atomic E-state index is 0.125. The van der Waals surface area contributed by atoms with Crippen LogP contribution in [0.5, 0.6) is 5.75 Å². The Bertz CT molecular complexity index is 1810. The summed E-state index contributed by atoms with van der Waals surface area (Å²) in [4.78, 5) is 21.2. The molecule has 0 aliphatic carbocycles. The summed E-state index contributed by atoms with van der Waals surface area (Å²) in [6.07, 6.45) is 3.09. The van der Waals surface area contributed by atoms with Gasteiger partial charge in [0.1, 0.15) is 17.4 Å². The van der Waals surface area contributed by atoms with Crippen molar-refractivity contribution in [2.75, 3.05) is 50.2 Å². The average Bonchev–Trinajstić information content (AvgIpc) is 3.16. The van der Waals surface area contributed by atoms with Crippen LogP contribution in [0.1, 0.15) is 41.8 Å². The third-order valence-electron chi connectivity index (χ3n) is 7.48. The molecule has 0 aliphatic heterocycles. The number of carbonyl (C=O) groups is 1. The van der Waals surface area contributed by atoms with Gasteiger partial charge in [0.15, 0.2) is 0 Å². The van der Waals surface area contributed by atoms with E-state index in [1.807, 2.05) is 42.5 Å². The number of guanidine groups is 1. The molecule has 0 aliphatic rings. The Hall–Kier alpha value is -5.43. The second kappa shape index (κ2) is 22.5. The Morgan fingerprint density at radius 3 is 2.17 bits per heavy atom. The van der Waals surface area contributed by atoms with E-state index in [1.54, 1.807) is 43.3 Å². The minimum Gasteiger partial charge on any atom is -0.508 e. The standard InChI is InChI=1S/C41H48BrN7O4/c1-4-8-39(45-29-32-11-15-35(42)16-12-32)33-13-17-36(18-14-33)46-31(3)48-41(49-37-19-21-38(50)22-20-37)47-30(2)43-23-25-52-27-28-53-26-24-44-40(51)34-9-6-5-7-10-34/h5-22,45-46,50H,3-4,23-29H2,1-2H3,(H,44,51)(H2,43,47,48,49)/b39-8-. The molecule has 278 valence electrons. The number of phenols is 1. The van der Waals surface area contributed by atoms with Crippen LogP contribution in [0.2, 0.25) is 0 Å². The number of nitrogens with one attached hydrogen (secondary N) is 5. The molecule has 0 unspecified atom stereocenters. The summed E-state index contributed by atoms with van der Waals surface area (Å²) in [6.45, 7) is 11.2. The summed E-state index contributed by atoms with van der Waals surface area (Å²) in [5, 5.41) is 25.8. The van der Waals surface area contributed by atoms with Crippen LogP contribution in [0.4, 0.5) is 11.4 Å². The van der Waals surface area contributed by atoms with Crippen LogP contribution in [-0.2, 0) is 16.0 Å². The Labute approximate surface area is 320 Å². The Kier molecular flexibility index (Phi) is 17.1. The number of rotatable bonds is 19. The molecule has 0 aromatic heterocycles. The number of nitrogens with zero attached hydrogens (tertiary/aromatic N) is 2. The third kappa shape index (κ3) is 15.4. The lowest BCUT2D eigenvalue weighted by Crippen LogP contribution is -2.33. The lowest BCUT2D eigenvalue weighted by molar-refractivity contribution is 0.0512. The number of ether oxygens (including phenoxy) is 2. The molecule has 11 nitrogen and oxygen atoms in total. The van der Waals surface area contributed by atoms with E-state index in [0.29, 0.717) is 68.4 Å². The van der Waals surface area contributed by atoms with Crippen molar-refractivity contribution in [3.05, 3.63) is 143 Å². The molecule has 6 N–H and O–H groups in total. The molecule has 0 spiro atoms. The molecular formula is C41H48BrN7O4.